The summed E-state index contributed by atoms with van der Waals surface area (Å²) in [5, 5.41) is 10.1. The number of nitrogens with zero attached hydrogens (tertiary/aromatic N) is 4. The van der Waals surface area contributed by atoms with Crippen molar-refractivity contribution in [1.82, 2.24) is 24.3 Å². The lowest BCUT2D eigenvalue weighted by Gasteiger charge is -2.26. The lowest BCUT2D eigenvalue weighted by atomic mass is 10.3. The monoisotopic (exact) mass is 453 g/mol. The summed E-state index contributed by atoms with van der Waals surface area (Å²) < 4.78 is 40.9. The van der Waals surface area contributed by atoms with Crippen molar-refractivity contribution in [3.05, 3.63) is 65.9 Å². The lowest BCUT2D eigenvalue weighted by molar-refractivity contribution is -0.192. The molecule has 2 N–H and O–H groups in total. The van der Waals surface area contributed by atoms with Gasteiger partial charge in [0, 0.05) is 44.6 Å². The summed E-state index contributed by atoms with van der Waals surface area (Å²) in [6, 6.07) is 5.66. The van der Waals surface area contributed by atoms with Crippen molar-refractivity contribution in [3.63, 3.8) is 0 Å². The molecule has 3 aromatic heterocycles. The van der Waals surface area contributed by atoms with E-state index in [2.05, 4.69) is 19.8 Å². The van der Waals surface area contributed by atoms with E-state index in [9.17, 15) is 18.0 Å². The third-order valence-electron chi connectivity index (χ3n) is 4.77. The third kappa shape index (κ3) is 6.00. The average Bonchev–Trinajstić information content (AvgIpc) is 3.46. The van der Waals surface area contributed by atoms with Crippen molar-refractivity contribution in [2.45, 2.75) is 32.4 Å². The topological polar surface area (TPSA) is 106 Å². The van der Waals surface area contributed by atoms with Gasteiger partial charge in [-0.25, -0.2) is 9.78 Å². The fourth-order valence-corrected chi connectivity index (χ4v) is 3.18. The van der Waals surface area contributed by atoms with Gasteiger partial charge in [-0.3, -0.25) is 9.69 Å². The predicted octanol–water partition coefficient (Wildman–Crippen LogP) is 2.39. The molecule has 172 valence electrons. The second-order valence-corrected chi connectivity index (χ2v) is 7.17. The first-order chi connectivity index (χ1) is 15.1. The number of amides is 1. The zero-order valence-electron chi connectivity index (χ0n) is 17.2. The summed E-state index contributed by atoms with van der Waals surface area (Å²) in [7, 11) is 1.86. The van der Waals surface area contributed by atoms with Gasteiger partial charge >= 0.3 is 12.1 Å². The molecule has 1 amide bonds. The number of hydrogen-bond donors (Lipinski definition) is 2. The number of carboxylic acid groups (broad SMARTS) is 1. The highest BCUT2D eigenvalue weighted by atomic mass is 19.4. The van der Waals surface area contributed by atoms with E-state index in [1.165, 1.54) is 5.56 Å². The fourth-order valence-electron chi connectivity index (χ4n) is 3.18. The first kappa shape index (κ1) is 23.1. The predicted molar refractivity (Wildman–Crippen MR) is 105 cm³/mol. The van der Waals surface area contributed by atoms with Crippen LogP contribution in [0.2, 0.25) is 0 Å². The molecule has 0 atom stereocenters. The van der Waals surface area contributed by atoms with Crippen molar-refractivity contribution in [1.29, 1.82) is 0 Å². The van der Waals surface area contributed by atoms with Crippen molar-refractivity contribution in [2.75, 3.05) is 6.54 Å². The Hall–Kier alpha value is -3.54. The van der Waals surface area contributed by atoms with Crippen LogP contribution < -0.4 is 5.32 Å². The van der Waals surface area contributed by atoms with Gasteiger partial charge in [-0.15, -0.1) is 0 Å². The van der Waals surface area contributed by atoms with Crippen LogP contribution >= 0.6 is 0 Å². The number of aromatic nitrogens is 3. The van der Waals surface area contributed by atoms with Crippen LogP contribution in [0.1, 0.15) is 27.6 Å². The van der Waals surface area contributed by atoms with Gasteiger partial charge in [0.05, 0.1) is 31.3 Å². The number of carbonyl (C=O) groups is 2. The normalized spacial score (nSPS) is 13.8. The Bertz CT molecular complexity index is 1060. The summed E-state index contributed by atoms with van der Waals surface area (Å²) in [4.78, 5) is 28.1. The number of fused-ring (bicyclic) bond motifs is 1. The molecule has 0 radical (unpaired) electrons. The van der Waals surface area contributed by atoms with Crippen LogP contribution in [0.4, 0.5) is 13.2 Å². The molecule has 0 aliphatic carbocycles. The van der Waals surface area contributed by atoms with Gasteiger partial charge in [0.1, 0.15) is 11.5 Å². The van der Waals surface area contributed by atoms with Crippen molar-refractivity contribution in [3.8, 4) is 0 Å². The van der Waals surface area contributed by atoms with E-state index in [0.717, 1.165) is 37.7 Å². The molecule has 32 heavy (non-hydrogen) atoms. The molecular weight excluding hydrogens is 431 g/mol. The molecule has 0 fully saturated rings. The van der Waals surface area contributed by atoms with Crippen LogP contribution in [0.5, 0.6) is 0 Å². The SMILES string of the molecule is Cn1cccc1C(=O)NCc1cn2c(n1)CN(Cc1ccoc1)CC2.O=C(O)C(F)(F)F. The zero-order chi connectivity index (χ0) is 23.3. The maximum Gasteiger partial charge on any atom is 0.490 e. The van der Waals surface area contributed by atoms with Gasteiger partial charge in [0.25, 0.3) is 5.91 Å². The first-order valence-corrected chi connectivity index (χ1v) is 9.61. The summed E-state index contributed by atoms with van der Waals surface area (Å²) in [6.07, 6.45) is 2.30. The van der Waals surface area contributed by atoms with Crippen LogP contribution in [-0.2, 0) is 38.0 Å². The van der Waals surface area contributed by atoms with Crippen molar-refractivity contribution < 1.29 is 32.3 Å². The molecule has 1 aliphatic heterocycles. The molecule has 0 aromatic carbocycles. The number of imidazole rings is 1. The minimum absolute atomic E-state index is 0.0833. The summed E-state index contributed by atoms with van der Waals surface area (Å²) >= 11 is 0. The smallest absolute Gasteiger partial charge is 0.475 e. The van der Waals surface area contributed by atoms with Crippen LogP contribution in [0.3, 0.4) is 0 Å². The second kappa shape index (κ2) is 9.73. The number of aliphatic carboxylic acids is 1. The number of carbonyl (C=O) groups excluding carboxylic acids is 1. The molecule has 4 heterocycles. The molecule has 3 aromatic rings. The standard InChI is InChI=1S/C18H21N5O2.C2HF3O2/c1-21-5-2-3-16(21)18(24)19-9-15-11-23-7-6-22(12-17(23)20-15)10-14-4-8-25-13-14;3-2(4,5)1(6)7/h2-5,8,11,13H,6-7,9-10,12H2,1H3,(H,19,24);(H,6,7). The Morgan fingerprint density at radius 2 is 2.03 bits per heavy atom. The van der Waals surface area contributed by atoms with E-state index in [4.69, 9.17) is 14.3 Å². The number of nitrogens with one attached hydrogen (secondary N) is 1. The molecule has 1 aliphatic rings. The second-order valence-electron chi connectivity index (χ2n) is 7.17. The third-order valence-corrected chi connectivity index (χ3v) is 4.77. The quantitative estimate of drug-likeness (QED) is 0.615. The van der Waals surface area contributed by atoms with E-state index < -0.39 is 12.1 Å². The highest BCUT2D eigenvalue weighted by molar-refractivity contribution is 5.92. The number of carboxylic acids is 1. The van der Waals surface area contributed by atoms with E-state index in [0.29, 0.717) is 12.2 Å². The summed E-state index contributed by atoms with van der Waals surface area (Å²) in [5.74, 6) is -1.80. The van der Waals surface area contributed by atoms with Gasteiger partial charge in [0.15, 0.2) is 0 Å². The number of rotatable bonds is 5. The Kier molecular flexibility index (Phi) is 7.03. The molecule has 0 unspecified atom stereocenters. The zero-order valence-corrected chi connectivity index (χ0v) is 17.2. The number of alkyl halides is 3. The van der Waals surface area contributed by atoms with E-state index in [1.54, 1.807) is 23.2 Å². The molecule has 4 rings (SSSR count). The van der Waals surface area contributed by atoms with Gasteiger partial charge in [0.2, 0.25) is 0 Å². The average molecular weight is 453 g/mol. The van der Waals surface area contributed by atoms with Crippen LogP contribution in [0.15, 0.2) is 47.5 Å². The van der Waals surface area contributed by atoms with Crippen molar-refractivity contribution >= 4 is 11.9 Å². The van der Waals surface area contributed by atoms with E-state index in [-0.39, 0.29) is 5.91 Å². The highest BCUT2D eigenvalue weighted by Crippen LogP contribution is 2.16. The van der Waals surface area contributed by atoms with Gasteiger partial charge in [-0.05, 0) is 18.2 Å². The lowest BCUT2D eigenvalue weighted by Crippen LogP contribution is -2.33. The van der Waals surface area contributed by atoms with Crippen LogP contribution in [0.25, 0.3) is 0 Å². The number of hydrogen-bond acceptors (Lipinski definition) is 5. The fraction of sp³-hybridized carbons (Fsp3) is 0.350. The van der Waals surface area contributed by atoms with Crippen molar-refractivity contribution in [2.24, 2.45) is 7.05 Å². The molecule has 9 nitrogen and oxygen atoms in total. The minimum Gasteiger partial charge on any atom is -0.475 e. The molecule has 12 heteroatoms. The molecule has 0 bridgehead atoms. The first-order valence-electron chi connectivity index (χ1n) is 9.61. The molecule has 0 saturated heterocycles. The molecule has 0 spiro atoms. The number of furan rings is 1. The van der Waals surface area contributed by atoms with Gasteiger partial charge in [-0.2, -0.15) is 13.2 Å². The Morgan fingerprint density at radius 3 is 2.62 bits per heavy atom. The Morgan fingerprint density at radius 1 is 1.28 bits per heavy atom. The summed E-state index contributed by atoms with van der Waals surface area (Å²) in [5.41, 5.74) is 2.72. The number of halogens is 3. The van der Waals surface area contributed by atoms with E-state index >= 15 is 0 Å². The maximum atomic E-state index is 12.2. The molecular formula is C20H22F3N5O4. The van der Waals surface area contributed by atoms with Crippen LogP contribution in [-0.4, -0.2) is 48.7 Å². The maximum absolute atomic E-state index is 12.2. The van der Waals surface area contributed by atoms with E-state index in [1.807, 2.05) is 31.6 Å². The Balaban J connectivity index is 0.000000360. The minimum atomic E-state index is -5.08. The van der Waals surface area contributed by atoms with Gasteiger partial charge < -0.3 is 24.0 Å². The van der Waals surface area contributed by atoms with Gasteiger partial charge in [-0.1, -0.05) is 0 Å². The highest BCUT2D eigenvalue weighted by Gasteiger charge is 2.38. The Labute approximate surface area is 181 Å². The number of aryl methyl sites for hydroxylation is 1. The largest absolute Gasteiger partial charge is 0.490 e. The molecule has 0 saturated carbocycles. The van der Waals surface area contributed by atoms with Crippen LogP contribution in [0, 0.1) is 0 Å². The summed E-state index contributed by atoms with van der Waals surface area (Å²) in [6.45, 7) is 3.99.